The van der Waals surface area contributed by atoms with Crippen LogP contribution in [0.2, 0.25) is 0 Å². The molecule has 0 aliphatic rings. The fraction of sp³-hybridized carbons (Fsp3) is 0.375. The lowest BCUT2D eigenvalue weighted by Crippen LogP contribution is -2.02. The SMILES string of the molecule is Cc1nc(CC(O)c2cn[nH]n2)cs1. The van der Waals surface area contributed by atoms with Crippen LogP contribution < -0.4 is 0 Å². The number of nitrogens with one attached hydrogen (secondary N) is 1. The highest BCUT2D eigenvalue weighted by atomic mass is 32.1. The molecule has 0 spiro atoms. The van der Waals surface area contributed by atoms with Crippen molar-refractivity contribution in [1.29, 1.82) is 0 Å². The van der Waals surface area contributed by atoms with Crippen molar-refractivity contribution in [2.75, 3.05) is 0 Å². The molecule has 0 saturated heterocycles. The van der Waals surface area contributed by atoms with E-state index in [4.69, 9.17) is 0 Å². The van der Waals surface area contributed by atoms with Crippen LogP contribution in [0.25, 0.3) is 0 Å². The standard InChI is InChI=1S/C8H10N4OS/c1-5-10-6(4-14-5)2-8(13)7-3-9-12-11-7/h3-4,8,13H,2H2,1H3,(H,9,11,12). The molecule has 2 aromatic heterocycles. The average Bonchev–Trinajstić information content (AvgIpc) is 2.75. The molecule has 0 aliphatic heterocycles. The summed E-state index contributed by atoms with van der Waals surface area (Å²) in [7, 11) is 0. The Kier molecular flexibility index (Phi) is 2.55. The lowest BCUT2D eigenvalue weighted by atomic mass is 10.2. The summed E-state index contributed by atoms with van der Waals surface area (Å²) in [5, 5.41) is 22.6. The maximum absolute atomic E-state index is 9.71. The summed E-state index contributed by atoms with van der Waals surface area (Å²) in [6, 6.07) is 0. The summed E-state index contributed by atoms with van der Waals surface area (Å²) in [6.07, 6.45) is 1.37. The Bertz CT molecular complexity index is 397. The zero-order valence-electron chi connectivity index (χ0n) is 7.64. The zero-order valence-corrected chi connectivity index (χ0v) is 8.45. The minimum absolute atomic E-state index is 0.483. The Labute approximate surface area is 84.8 Å². The molecular weight excluding hydrogens is 200 g/mol. The van der Waals surface area contributed by atoms with E-state index in [1.165, 1.54) is 6.20 Å². The van der Waals surface area contributed by atoms with Crippen LogP contribution in [0.15, 0.2) is 11.6 Å². The molecule has 0 saturated carbocycles. The van der Waals surface area contributed by atoms with Gasteiger partial charge in [0.2, 0.25) is 0 Å². The maximum Gasteiger partial charge on any atom is 0.111 e. The predicted molar refractivity (Wildman–Crippen MR) is 51.9 cm³/mol. The number of H-pyrrole nitrogens is 1. The third-order valence-corrected chi connectivity index (χ3v) is 2.67. The van der Waals surface area contributed by atoms with Gasteiger partial charge in [-0.15, -0.1) is 11.3 Å². The summed E-state index contributed by atoms with van der Waals surface area (Å²) in [5.41, 5.74) is 1.44. The fourth-order valence-electron chi connectivity index (χ4n) is 1.18. The largest absolute Gasteiger partial charge is 0.386 e. The highest BCUT2D eigenvalue weighted by Gasteiger charge is 2.12. The van der Waals surface area contributed by atoms with Crippen LogP contribution in [0.3, 0.4) is 0 Å². The minimum atomic E-state index is -0.629. The lowest BCUT2D eigenvalue weighted by Gasteiger charge is -2.03. The third kappa shape index (κ3) is 1.97. The quantitative estimate of drug-likeness (QED) is 0.787. The second kappa shape index (κ2) is 3.85. The Morgan fingerprint density at radius 1 is 1.64 bits per heavy atom. The summed E-state index contributed by atoms with van der Waals surface area (Å²) < 4.78 is 0. The molecule has 0 aliphatic carbocycles. The van der Waals surface area contributed by atoms with E-state index in [-0.39, 0.29) is 0 Å². The molecule has 14 heavy (non-hydrogen) atoms. The molecule has 1 unspecified atom stereocenters. The number of aliphatic hydroxyl groups excluding tert-OH is 1. The van der Waals surface area contributed by atoms with Crippen molar-refractivity contribution in [2.24, 2.45) is 0 Å². The van der Waals surface area contributed by atoms with E-state index in [0.717, 1.165) is 10.7 Å². The Balaban J connectivity index is 2.05. The van der Waals surface area contributed by atoms with Crippen molar-refractivity contribution in [1.82, 2.24) is 20.4 Å². The summed E-state index contributed by atoms with van der Waals surface area (Å²) in [4.78, 5) is 4.26. The molecule has 5 nitrogen and oxygen atoms in total. The molecule has 2 N–H and O–H groups in total. The lowest BCUT2D eigenvalue weighted by molar-refractivity contribution is 0.172. The molecule has 2 heterocycles. The van der Waals surface area contributed by atoms with Crippen LogP contribution in [0.1, 0.15) is 22.5 Å². The minimum Gasteiger partial charge on any atom is -0.386 e. The summed E-state index contributed by atoms with van der Waals surface area (Å²) in [6.45, 7) is 1.94. The first kappa shape index (κ1) is 9.29. The first-order chi connectivity index (χ1) is 6.75. The van der Waals surface area contributed by atoms with Gasteiger partial charge in [-0.25, -0.2) is 4.98 Å². The topological polar surface area (TPSA) is 74.7 Å². The molecule has 0 fully saturated rings. The second-order valence-electron chi connectivity index (χ2n) is 2.97. The number of aromatic amines is 1. The number of nitrogens with zero attached hydrogens (tertiary/aromatic N) is 3. The van der Waals surface area contributed by atoms with E-state index >= 15 is 0 Å². The third-order valence-electron chi connectivity index (χ3n) is 1.84. The molecule has 2 aromatic rings. The molecule has 6 heteroatoms. The van der Waals surface area contributed by atoms with Crippen LogP contribution in [0, 0.1) is 6.92 Å². The maximum atomic E-state index is 9.71. The number of hydrogen-bond acceptors (Lipinski definition) is 5. The van der Waals surface area contributed by atoms with Gasteiger partial charge in [-0.1, -0.05) is 0 Å². The van der Waals surface area contributed by atoms with Crippen LogP contribution in [0.5, 0.6) is 0 Å². The smallest absolute Gasteiger partial charge is 0.111 e. The normalized spacial score (nSPS) is 13.0. The molecule has 0 amide bonds. The Morgan fingerprint density at radius 2 is 2.50 bits per heavy atom. The van der Waals surface area contributed by atoms with Gasteiger partial charge >= 0.3 is 0 Å². The van der Waals surface area contributed by atoms with Gasteiger partial charge in [-0.3, -0.25) is 0 Å². The van der Waals surface area contributed by atoms with Gasteiger partial charge in [-0.2, -0.15) is 15.4 Å². The van der Waals surface area contributed by atoms with Gasteiger partial charge in [0.1, 0.15) is 11.8 Å². The highest BCUT2D eigenvalue weighted by Crippen LogP contribution is 2.16. The Hall–Kier alpha value is -1.27. The van der Waals surface area contributed by atoms with Gasteiger partial charge in [0.05, 0.1) is 16.9 Å². The van der Waals surface area contributed by atoms with E-state index in [9.17, 15) is 5.11 Å². The van der Waals surface area contributed by atoms with Crippen molar-refractivity contribution >= 4 is 11.3 Å². The number of aliphatic hydroxyl groups is 1. The Morgan fingerprint density at radius 3 is 3.07 bits per heavy atom. The van der Waals surface area contributed by atoms with Crippen molar-refractivity contribution in [2.45, 2.75) is 19.4 Å². The molecule has 0 radical (unpaired) electrons. The highest BCUT2D eigenvalue weighted by molar-refractivity contribution is 7.09. The van der Waals surface area contributed by atoms with E-state index in [1.54, 1.807) is 11.3 Å². The fourth-order valence-corrected chi connectivity index (χ4v) is 1.80. The van der Waals surface area contributed by atoms with Crippen molar-refractivity contribution in [3.63, 3.8) is 0 Å². The second-order valence-corrected chi connectivity index (χ2v) is 4.03. The number of thiazole rings is 1. The summed E-state index contributed by atoms with van der Waals surface area (Å²) in [5.74, 6) is 0. The van der Waals surface area contributed by atoms with Crippen LogP contribution >= 0.6 is 11.3 Å². The van der Waals surface area contributed by atoms with Gasteiger partial charge in [-0.05, 0) is 6.92 Å². The van der Waals surface area contributed by atoms with E-state index < -0.39 is 6.10 Å². The van der Waals surface area contributed by atoms with Gasteiger partial charge in [0, 0.05) is 11.8 Å². The summed E-state index contributed by atoms with van der Waals surface area (Å²) >= 11 is 1.58. The molecular formula is C8H10N4OS. The van der Waals surface area contributed by atoms with Gasteiger partial charge in [0.25, 0.3) is 0 Å². The molecule has 1 atom stereocenters. The van der Waals surface area contributed by atoms with Crippen LogP contribution in [-0.4, -0.2) is 25.5 Å². The first-order valence-electron chi connectivity index (χ1n) is 4.20. The van der Waals surface area contributed by atoms with E-state index in [1.807, 2.05) is 12.3 Å². The zero-order chi connectivity index (χ0) is 9.97. The predicted octanol–water partition coefficient (Wildman–Crippen LogP) is 0.846. The molecule has 2 rings (SSSR count). The van der Waals surface area contributed by atoms with Crippen LogP contribution in [-0.2, 0) is 6.42 Å². The van der Waals surface area contributed by atoms with Crippen molar-refractivity contribution < 1.29 is 5.11 Å². The monoisotopic (exact) mass is 210 g/mol. The van der Waals surface area contributed by atoms with E-state index in [0.29, 0.717) is 12.1 Å². The molecule has 0 aromatic carbocycles. The number of aromatic nitrogens is 4. The van der Waals surface area contributed by atoms with Crippen LogP contribution in [0.4, 0.5) is 0 Å². The number of rotatable bonds is 3. The first-order valence-corrected chi connectivity index (χ1v) is 5.08. The van der Waals surface area contributed by atoms with E-state index in [2.05, 4.69) is 20.4 Å². The molecule has 0 bridgehead atoms. The van der Waals surface area contributed by atoms with Crippen molar-refractivity contribution in [3.8, 4) is 0 Å². The van der Waals surface area contributed by atoms with Gasteiger partial charge < -0.3 is 5.11 Å². The van der Waals surface area contributed by atoms with Crippen molar-refractivity contribution in [3.05, 3.63) is 28.0 Å². The number of aryl methyl sites for hydroxylation is 1. The van der Waals surface area contributed by atoms with Gasteiger partial charge in [0.15, 0.2) is 0 Å². The molecule has 74 valence electrons. The average molecular weight is 210 g/mol. The number of hydrogen-bond donors (Lipinski definition) is 2.